The molecule has 0 aliphatic carbocycles. The molecule has 426 valence electrons. The molecule has 0 aromatic carbocycles. The maximum Gasteiger partial charge on any atom is 0.306 e. The highest BCUT2D eigenvalue weighted by Crippen LogP contribution is 2.16. The Morgan fingerprint density at radius 1 is 0.280 bits per heavy atom. The summed E-state index contributed by atoms with van der Waals surface area (Å²) in [6.45, 7) is 6.38. The minimum Gasteiger partial charge on any atom is -0.462 e. The van der Waals surface area contributed by atoms with Gasteiger partial charge in [0.2, 0.25) is 0 Å². The summed E-state index contributed by atoms with van der Waals surface area (Å²) in [4.78, 5) is 38.2. The SMILES string of the molecule is CC/C=C\C/C=C\C/C=C\C/C=C\C/C=C\C/C=C\C/C=C\CCCCCCCC(=O)OCC(COC(=O)CCCCC/C=C\C/C=C\C/C=C\CC)OC(=O)CCCCCCCCCCCCCCCCCCC. The van der Waals surface area contributed by atoms with Crippen LogP contribution in [0.1, 0.15) is 278 Å². The molecule has 75 heavy (non-hydrogen) atoms. The average Bonchev–Trinajstić information content (AvgIpc) is 3.41. The Balaban J connectivity index is 4.39. The molecule has 0 spiro atoms. The number of hydrogen-bond donors (Lipinski definition) is 0. The summed E-state index contributed by atoms with van der Waals surface area (Å²) in [5, 5.41) is 0. The molecule has 1 unspecified atom stereocenters. The van der Waals surface area contributed by atoms with E-state index in [0.29, 0.717) is 19.3 Å². The van der Waals surface area contributed by atoms with E-state index in [0.717, 1.165) is 148 Å². The molecule has 0 bridgehead atoms. The second kappa shape index (κ2) is 62.4. The molecule has 0 radical (unpaired) electrons. The first-order valence-electron chi connectivity index (χ1n) is 31.0. The van der Waals surface area contributed by atoms with Gasteiger partial charge in [0.25, 0.3) is 0 Å². The molecule has 0 aliphatic rings. The highest BCUT2D eigenvalue weighted by atomic mass is 16.6. The topological polar surface area (TPSA) is 78.9 Å². The van der Waals surface area contributed by atoms with Crippen LogP contribution >= 0.6 is 0 Å². The first kappa shape index (κ1) is 70.8. The van der Waals surface area contributed by atoms with Crippen molar-refractivity contribution in [3.63, 3.8) is 0 Å². The summed E-state index contributed by atoms with van der Waals surface area (Å²) in [6, 6.07) is 0. The van der Waals surface area contributed by atoms with Crippen molar-refractivity contribution >= 4 is 17.9 Å². The van der Waals surface area contributed by atoms with Crippen molar-refractivity contribution in [2.45, 2.75) is 284 Å². The predicted octanol–water partition coefficient (Wildman–Crippen LogP) is 21.2. The van der Waals surface area contributed by atoms with Gasteiger partial charge in [0.15, 0.2) is 6.10 Å². The summed E-state index contributed by atoms with van der Waals surface area (Å²) < 4.78 is 16.9. The summed E-state index contributed by atoms with van der Waals surface area (Å²) in [5.74, 6) is -0.940. The minimum absolute atomic E-state index is 0.0984. The van der Waals surface area contributed by atoms with Crippen LogP contribution in [-0.4, -0.2) is 37.2 Å². The number of esters is 3. The van der Waals surface area contributed by atoms with Crippen LogP contribution in [0.3, 0.4) is 0 Å². The molecule has 0 rings (SSSR count). The average molecular weight is 1040 g/mol. The number of ether oxygens (including phenoxy) is 3. The Hall–Kier alpha value is -4.19. The van der Waals surface area contributed by atoms with Crippen LogP contribution in [0.15, 0.2) is 122 Å². The van der Waals surface area contributed by atoms with Gasteiger partial charge in [0, 0.05) is 19.3 Å². The molecule has 0 saturated heterocycles. The van der Waals surface area contributed by atoms with Gasteiger partial charge in [-0.2, -0.15) is 0 Å². The molecule has 0 fully saturated rings. The monoisotopic (exact) mass is 1040 g/mol. The minimum atomic E-state index is -0.800. The second-order valence-electron chi connectivity index (χ2n) is 20.2. The van der Waals surface area contributed by atoms with Crippen LogP contribution in [0.25, 0.3) is 0 Å². The van der Waals surface area contributed by atoms with Crippen LogP contribution in [-0.2, 0) is 28.6 Å². The molecule has 1 atom stereocenters. The number of hydrogen-bond acceptors (Lipinski definition) is 6. The molecule has 0 aromatic heterocycles. The lowest BCUT2D eigenvalue weighted by Crippen LogP contribution is -2.30. The van der Waals surface area contributed by atoms with E-state index in [9.17, 15) is 14.4 Å². The quantitative estimate of drug-likeness (QED) is 0.0261. The van der Waals surface area contributed by atoms with Crippen molar-refractivity contribution in [2.24, 2.45) is 0 Å². The summed E-state index contributed by atoms with van der Waals surface area (Å²) in [5.41, 5.74) is 0. The molecular formula is C69H114O6. The van der Waals surface area contributed by atoms with Crippen LogP contribution in [0.4, 0.5) is 0 Å². The number of unbranched alkanes of at least 4 members (excludes halogenated alkanes) is 24. The molecule has 0 amide bonds. The third kappa shape index (κ3) is 60.6. The molecule has 0 saturated carbocycles. The van der Waals surface area contributed by atoms with Gasteiger partial charge in [-0.3, -0.25) is 14.4 Å². The van der Waals surface area contributed by atoms with E-state index in [-0.39, 0.29) is 31.1 Å². The van der Waals surface area contributed by atoms with Gasteiger partial charge >= 0.3 is 17.9 Å². The van der Waals surface area contributed by atoms with E-state index in [1.165, 1.54) is 89.9 Å². The van der Waals surface area contributed by atoms with E-state index < -0.39 is 6.10 Å². The fourth-order valence-electron chi connectivity index (χ4n) is 8.38. The zero-order valence-electron chi connectivity index (χ0n) is 48.8. The summed E-state index contributed by atoms with van der Waals surface area (Å²) in [7, 11) is 0. The van der Waals surface area contributed by atoms with Gasteiger partial charge in [-0.1, -0.05) is 271 Å². The van der Waals surface area contributed by atoms with E-state index in [2.05, 4.69) is 142 Å². The van der Waals surface area contributed by atoms with Crippen molar-refractivity contribution < 1.29 is 28.6 Å². The van der Waals surface area contributed by atoms with Gasteiger partial charge in [-0.05, 0) is 109 Å². The van der Waals surface area contributed by atoms with Crippen molar-refractivity contribution in [2.75, 3.05) is 13.2 Å². The molecule has 6 heteroatoms. The van der Waals surface area contributed by atoms with Crippen LogP contribution < -0.4 is 0 Å². The fraction of sp³-hybridized carbons (Fsp3) is 0.667. The van der Waals surface area contributed by atoms with Crippen molar-refractivity contribution in [3.8, 4) is 0 Å². The summed E-state index contributed by atoms with van der Waals surface area (Å²) in [6.07, 6.45) is 86.3. The van der Waals surface area contributed by atoms with E-state index >= 15 is 0 Å². The first-order valence-corrected chi connectivity index (χ1v) is 31.0. The molecule has 0 N–H and O–H groups in total. The van der Waals surface area contributed by atoms with Crippen molar-refractivity contribution in [1.82, 2.24) is 0 Å². The largest absolute Gasteiger partial charge is 0.462 e. The van der Waals surface area contributed by atoms with E-state index in [1.54, 1.807) is 0 Å². The van der Waals surface area contributed by atoms with Crippen LogP contribution in [0, 0.1) is 0 Å². The normalized spacial score (nSPS) is 12.9. The maximum absolute atomic E-state index is 12.9. The van der Waals surface area contributed by atoms with Crippen LogP contribution in [0.2, 0.25) is 0 Å². The Morgan fingerprint density at radius 2 is 0.520 bits per heavy atom. The zero-order valence-corrected chi connectivity index (χ0v) is 48.8. The van der Waals surface area contributed by atoms with Gasteiger partial charge < -0.3 is 14.2 Å². The zero-order chi connectivity index (χ0) is 54.3. The Kier molecular flexibility index (Phi) is 58.9. The highest BCUT2D eigenvalue weighted by molar-refractivity contribution is 5.71. The van der Waals surface area contributed by atoms with E-state index in [1.807, 2.05) is 0 Å². The number of carbonyl (C=O) groups is 3. The molecular weight excluding hydrogens is 925 g/mol. The first-order chi connectivity index (χ1) is 37.0. The van der Waals surface area contributed by atoms with Crippen molar-refractivity contribution in [1.29, 1.82) is 0 Å². The number of carbonyl (C=O) groups excluding carboxylic acids is 3. The Labute approximate surface area is 462 Å². The maximum atomic E-state index is 12.9. The second-order valence-corrected chi connectivity index (χ2v) is 20.2. The number of allylic oxidation sites excluding steroid dienone is 20. The lowest BCUT2D eigenvalue weighted by molar-refractivity contribution is -0.167. The van der Waals surface area contributed by atoms with Gasteiger partial charge in [0.05, 0.1) is 0 Å². The van der Waals surface area contributed by atoms with Gasteiger partial charge in [-0.15, -0.1) is 0 Å². The third-order valence-corrected chi connectivity index (χ3v) is 13.0. The van der Waals surface area contributed by atoms with Gasteiger partial charge in [0.1, 0.15) is 13.2 Å². The van der Waals surface area contributed by atoms with Crippen LogP contribution in [0.5, 0.6) is 0 Å². The highest BCUT2D eigenvalue weighted by Gasteiger charge is 2.19. The predicted molar refractivity (Wildman–Crippen MR) is 325 cm³/mol. The smallest absolute Gasteiger partial charge is 0.306 e. The van der Waals surface area contributed by atoms with E-state index in [4.69, 9.17) is 14.2 Å². The van der Waals surface area contributed by atoms with Crippen molar-refractivity contribution in [3.05, 3.63) is 122 Å². The fourth-order valence-corrected chi connectivity index (χ4v) is 8.38. The lowest BCUT2D eigenvalue weighted by Gasteiger charge is -2.18. The Morgan fingerprint density at radius 3 is 0.827 bits per heavy atom. The molecule has 0 heterocycles. The molecule has 0 aromatic rings. The number of rotatable bonds is 55. The lowest BCUT2D eigenvalue weighted by atomic mass is 10.0. The Bertz CT molecular complexity index is 1570. The molecule has 0 aliphatic heterocycles. The third-order valence-electron chi connectivity index (χ3n) is 13.0. The molecule has 6 nitrogen and oxygen atoms in total. The summed E-state index contributed by atoms with van der Waals surface area (Å²) >= 11 is 0. The standard InChI is InChI=1S/C69H114O6/c1-4-7-10-13-16-19-22-25-27-29-30-31-32-33-34-35-36-37-38-40-41-44-47-50-53-56-59-62-68(71)74-65-66(64-73-67(70)61-58-55-52-49-46-43-24-21-18-15-12-9-6-3)75-69(72)63-60-57-54-51-48-45-42-39-28-26-23-20-17-14-11-8-5-2/h7,9-10,12,16,18-19,21,25,27,30-31,33-34,36-37,40-41,43,46,66H,4-6,8,11,13-15,17,20,22-24,26,28-29,32,35,38-39,42,44-45,47-65H2,1-3H3/b10-7-,12-9-,19-16-,21-18-,27-25-,31-30-,34-33-,37-36-,41-40-,46-43-. The van der Waals surface area contributed by atoms with Gasteiger partial charge in [-0.25, -0.2) is 0 Å².